The van der Waals surface area contributed by atoms with Gasteiger partial charge in [-0.15, -0.1) is 0 Å². The quantitative estimate of drug-likeness (QED) is 0.902. The fraction of sp³-hybridized carbons (Fsp3) is 0.188. The van der Waals surface area contributed by atoms with E-state index in [1.165, 1.54) is 0 Å². The second-order valence-corrected chi connectivity index (χ2v) is 5.50. The molecule has 2 rings (SSSR count). The largest absolute Gasteiger partial charge is 0.496 e. The molecule has 3 nitrogen and oxygen atoms in total. The Kier molecular flexibility index (Phi) is 4.14. The molecule has 0 aliphatic rings. The molecule has 2 aromatic rings. The molecule has 0 bridgehead atoms. The molecule has 0 aliphatic carbocycles. The van der Waals surface area contributed by atoms with Crippen molar-refractivity contribution in [1.29, 1.82) is 0 Å². The average molecular weight is 335 g/mol. The maximum absolute atomic E-state index is 11.2. The van der Waals surface area contributed by atoms with Crippen molar-refractivity contribution < 1.29 is 14.6 Å². The van der Waals surface area contributed by atoms with Gasteiger partial charge in [-0.3, -0.25) is 0 Å². The molecular weight excluding hydrogens is 320 g/mol. The van der Waals surface area contributed by atoms with Crippen LogP contribution in [0.1, 0.15) is 21.5 Å². The summed E-state index contributed by atoms with van der Waals surface area (Å²) < 4.78 is 5.93. The molecule has 0 spiro atoms. The number of benzene rings is 2. The lowest BCUT2D eigenvalue weighted by Gasteiger charge is -2.12. The molecule has 1 N–H and O–H groups in total. The summed E-state index contributed by atoms with van der Waals surface area (Å²) in [4.78, 5) is 11.2. The fourth-order valence-electron chi connectivity index (χ4n) is 2.31. The van der Waals surface area contributed by atoms with E-state index in [4.69, 9.17) is 4.74 Å². The number of halogens is 1. The van der Waals surface area contributed by atoms with Gasteiger partial charge in [0.1, 0.15) is 5.75 Å². The molecule has 0 unspecified atom stereocenters. The predicted octanol–water partition coefficient (Wildman–Crippen LogP) is 4.44. The Morgan fingerprint density at radius 2 is 1.70 bits per heavy atom. The van der Waals surface area contributed by atoms with Crippen LogP contribution in [0.25, 0.3) is 11.1 Å². The van der Waals surface area contributed by atoms with Crippen molar-refractivity contribution in [2.24, 2.45) is 0 Å². The van der Waals surface area contributed by atoms with E-state index in [2.05, 4.69) is 15.9 Å². The summed E-state index contributed by atoms with van der Waals surface area (Å²) in [6.45, 7) is 3.96. The van der Waals surface area contributed by atoms with Gasteiger partial charge >= 0.3 is 5.97 Å². The molecule has 104 valence electrons. The van der Waals surface area contributed by atoms with Crippen molar-refractivity contribution >= 4 is 21.9 Å². The van der Waals surface area contributed by atoms with Gasteiger partial charge < -0.3 is 9.84 Å². The average Bonchev–Trinajstić information content (AvgIpc) is 2.38. The van der Waals surface area contributed by atoms with E-state index in [1.807, 2.05) is 32.0 Å². The van der Waals surface area contributed by atoms with Gasteiger partial charge in [-0.1, -0.05) is 6.07 Å². The van der Waals surface area contributed by atoms with Crippen LogP contribution >= 0.6 is 15.9 Å². The number of aryl methyl sites for hydroxylation is 2. The van der Waals surface area contributed by atoms with Crippen LogP contribution in [0.2, 0.25) is 0 Å². The third kappa shape index (κ3) is 2.70. The first-order valence-corrected chi connectivity index (χ1v) is 6.91. The monoisotopic (exact) mass is 334 g/mol. The van der Waals surface area contributed by atoms with Crippen LogP contribution in [0.4, 0.5) is 0 Å². The van der Waals surface area contributed by atoms with Gasteiger partial charge in [0.05, 0.1) is 12.7 Å². The van der Waals surface area contributed by atoms with Gasteiger partial charge in [-0.2, -0.15) is 0 Å². The lowest BCUT2D eigenvalue weighted by molar-refractivity contribution is 0.0696. The minimum atomic E-state index is -0.944. The molecule has 2 aromatic carbocycles. The van der Waals surface area contributed by atoms with E-state index in [0.29, 0.717) is 4.47 Å². The van der Waals surface area contributed by atoms with Crippen molar-refractivity contribution in [3.05, 3.63) is 51.5 Å². The van der Waals surface area contributed by atoms with E-state index in [9.17, 15) is 9.90 Å². The number of hydrogen-bond acceptors (Lipinski definition) is 2. The molecule has 4 heteroatoms. The zero-order chi connectivity index (χ0) is 14.9. The summed E-state index contributed by atoms with van der Waals surface area (Å²) >= 11 is 3.25. The van der Waals surface area contributed by atoms with Gasteiger partial charge in [0, 0.05) is 4.47 Å². The first-order chi connectivity index (χ1) is 9.43. The summed E-state index contributed by atoms with van der Waals surface area (Å²) in [6.07, 6.45) is 0. The Hall–Kier alpha value is -1.81. The highest BCUT2D eigenvalue weighted by molar-refractivity contribution is 9.10. The molecule has 0 amide bonds. The van der Waals surface area contributed by atoms with Crippen molar-refractivity contribution in [2.45, 2.75) is 13.8 Å². The summed E-state index contributed by atoms with van der Waals surface area (Å²) in [5, 5.41) is 9.18. The van der Waals surface area contributed by atoms with Crippen LogP contribution in [-0.4, -0.2) is 18.2 Å². The van der Waals surface area contributed by atoms with Crippen molar-refractivity contribution in [2.75, 3.05) is 7.11 Å². The molecule has 0 fully saturated rings. The van der Waals surface area contributed by atoms with Crippen molar-refractivity contribution in [1.82, 2.24) is 0 Å². The van der Waals surface area contributed by atoms with E-state index in [-0.39, 0.29) is 5.56 Å². The number of rotatable bonds is 3. The maximum Gasteiger partial charge on any atom is 0.336 e. The van der Waals surface area contributed by atoms with Crippen LogP contribution in [-0.2, 0) is 0 Å². The highest BCUT2D eigenvalue weighted by Crippen LogP contribution is 2.31. The van der Waals surface area contributed by atoms with E-state index in [1.54, 1.807) is 19.2 Å². The third-order valence-corrected chi connectivity index (χ3v) is 3.89. The van der Waals surface area contributed by atoms with Gasteiger partial charge in [0.2, 0.25) is 0 Å². The second kappa shape index (κ2) is 5.67. The number of carboxylic acids is 1. The van der Waals surface area contributed by atoms with Crippen LogP contribution in [0.3, 0.4) is 0 Å². The maximum atomic E-state index is 11.2. The van der Waals surface area contributed by atoms with Gasteiger partial charge in [-0.25, -0.2) is 4.79 Å². The van der Waals surface area contributed by atoms with Crippen LogP contribution < -0.4 is 4.74 Å². The lowest BCUT2D eigenvalue weighted by Crippen LogP contribution is -1.98. The summed E-state index contributed by atoms with van der Waals surface area (Å²) in [7, 11) is 1.65. The van der Waals surface area contributed by atoms with Gasteiger partial charge in [0.15, 0.2) is 0 Å². The Balaban J connectivity index is 2.57. The Bertz CT molecular complexity index is 654. The third-order valence-electron chi connectivity index (χ3n) is 3.19. The van der Waals surface area contributed by atoms with Crippen LogP contribution in [0.15, 0.2) is 34.8 Å². The molecule has 0 saturated carbocycles. The Morgan fingerprint density at radius 1 is 1.10 bits per heavy atom. The first-order valence-electron chi connectivity index (χ1n) is 6.12. The smallest absolute Gasteiger partial charge is 0.336 e. The number of carbonyl (C=O) groups is 1. The van der Waals surface area contributed by atoms with Crippen molar-refractivity contribution in [3.8, 4) is 16.9 Å². The Labute approximate surface area is 126 Å². The minimum absolute atomic E-state index is 0.258. The fourth-order valence-corrected chi connectivity index (χ4v) is 2.72. The minimum Gasteiger partial charge on any atom is -0.496 e. The highest BCUT2D eigenvalue weighted by Gasteiger charge is 2.12. The summed E-state index contributed by atoms with van der Waals surface area (Å²) in [5.74, 6) is -0.0787. The van der Waals surface area contributed by atoms with Crippen LogP contribution in [0.5, 0.6) is 5.75 Å². The number of carboxylic acid groups (broad SMARTS) is 1. The number of aromatic carboxylic acids is 1. The second-order valence-electron chi connectivity index (χ2n) is 4.64. The molecule has 0 aromatic heterocycles. The summed E-state index contributed by atoms with van der Waals surface area (Å²) in [6, 6.07) is 9.33. The van der Waals surface area contributed by atoms with Gasteiger partial charge in [0.25, 0.3) is 0 Å². The molecule has 20 heavy (non-hydrogen) atoms. The van der Waals surface area contributed by atoms with E-state index < -0.39 is 5.97 Å². The van der Waals surface area contributed by atoms with Crippen LogP contribution in [0, 0.1) is 13.8 Å². The number of ether oxygens (including phenoxy) is 1. The summed E-state index contributed by atoms with van der Waals surface area (Å²) in [5.41, 5.74) is 4.17. The topological polar surface area (TPSA) is 46.5 Å². The van der Waals surface area contributed by atoms with Crippen molar-refractivity contribution in [3.63, 3.8) is 0 Å². The molecule has 0 atom stereocenters. The first kappa shape index (κ1) is 14.6. The normalized spacial score (nSPS) is 10.4. The predicted molar refractivity (Wildman–Crippen MR) is 82.6 cm³/mol. The molecule has 0 heterocycles. The van der Waals surface area contributed by atoms with Gasteiger partial charge in [-0.05, 0) is 76.3 Å². The lowest BCUT2D eigenvalue weighted by atomic mass is 9.98. The SMILES string of the molecule is COc1c(C)cc(-c2ccc(Br)c(C(=O)O)c2)cc1C. The zero-order valence-electron chi connectivity index (χ0n) is 11.5. The Morgan fingerprint density at radius 3 is 2.20 bits per heavy atom. The number of methoxy groups -OCH3 is 1. The molecule has 0 radical (unpaired) electrons. The van der Waals surface area contributed by atoms with E-state index in [0.717, 1.165) is 28.0 Å². The molecule has 0 aliphatic heterocycles. The highest BCUT2D eigenvalue weighted by atomic mass is 79.9. The zero-order valence-corrected chi connectivity index (χ0v) is 13.1. The molecular formula is C16H15BrO3. The standard InChI is InChI=1S/C16H15BrO3/c1-9-6-12(7-10(2)15(9)20-3)11-4-5-14(17)13(8-11)16(18)19/h4-8H,1-3H3,(H,18,19). The van der Waals surface area contributed by atoms with E-state index >= 15 is 0 Å². The molecule has 0 saturated heterocycles. The number of hydrogen-bond donors (Lipinski definition) is 1.